The number of hydrogen-bond acceptors (Lipinski definition) is 4. The average molecular weight is 302 g/mol. The van der Waals surface area contributed by atoms with E-state index in [1.54, 1.807) is 11.8 Å². The maximum atomic E-state index is 13.8. The molecule has 2 unspecified atom stereocenters. The van der Waals surface area contributed by atoms with Crippen LogP contribution in [-0.2, 0) is 0 Å². The molecular formula is C13H16F2N2O2S. The fourth-order valence-corrected chi connectivity index (χ4v) is 3.32. The number of rotatable bonds is 4. The average Bonchev–Trinajstić information content (AvgIpc) is 2.42. The maximum absolute atomic E-state index is 13.8. The van der Waals surface area contributed by atoms with Gasteiger partial charge < -0.3 is 5.32 Å². The Hall–Kier alpha value is -1.37. The van der Waals surface area contributed by atoms with E-state index in [1.807, 2.05) is 6.26 Å². The van der Waals surface area contributed by atoms with Gasteiger partial charge in [-0.05, 0) is 25.5 Å². The summed E-state index contributed by atoms with van der Waals surface area (Å²) in [5, 5.41) is 13.9. The molecule has 0 bridgehead atoms. The van der Waals surface area contributed by atoms with Gasteiger partial charge in [-0.25, -0.2) is 8.78 Å². The summed E-state index contributed by atoms with van der Waals surface area (Å²) in [5.41, 5.74) is -0.835. The van der Waals surface area contributed by atoms with Crippen molar-refractivity contribution < 1.29 is 13.7 Å². The summed E-state index contributed by atoms with van der Waals surface area (Å²) >= 11 is 1.76. The lowest BCUT2D eigenvalue weighted by atomic mass is 9.94. The molecule has 0 aliphatic heterocycles. The lowest BCUT2D eigenvalue weighted by Gasteiger charge is -2.29. The standard InChI is InChI=1S/C13H16F2N2O2S/c1-20-10-4-2-3-8(5-10)16-13-11(14)6-9(17(18)19)7-12(13)15/h6-8,10,16H,2-5H2,1H3. The van der Waals surface area contributed by atoms with E-state index in [-0.39, 0.29) is 11.7 Å². The van der Waals surface area contributed by atoms with Gasteiger partial charge in [0, 0.05) is 11.3 Å². The number of nitro groups is 1. The van der Waals surface area contributed by atoms with Crippen LogP contribution in [0, 0.1) is 21.7 Å². The zero-order valence-corrected chi connectivity index (χ0v) is 11.9. The topological polar surface area (TPSA) is 55.2 Å². The van der Waals surface area contributed by atoms with Crippen molar-refractivity contribution in [3.05, 3.63) is 33.9 Å². The molecule has 1 aromatic rings. The molecule has 0 heterocycles. The third kappa shape index (κ3) is 3.39. The lowest BCUT2D eigenvalue weighted by molar-refractivity contribution is -0.385. The van der Waals surface area contributed by atoms with Gasteiger partial charge in [0.2, 0.25) is 0 Å². The highest BCUT2D eigenvalue weighted by molar-refractivity contribution is 7.99. The molecule has 1 N–H and O–H groups in total. The quantitative estimate of drug-likeness (QED) is 0.675. The number of nitrogens with zero attached hydrogens (tertiary/aromatic N) is 1. The van der Waals surface area contributed by atoms with Crippen LogP contribution in [0.5, 0.6) is 0 Å². The van der Waals surface area contributed by atoms with Gasteiger partial charge in [-0.15, -0.1) is 0 Å². The Balaban J connectivity index is 2.15. The third-order valence-electron chi connectivity index (χ3n) is 3.55. The molecule has 1 saturated carbocycles. The largest absolute Gasteiger partial charge is 0.378 e. The number of nitro benzene ring substituents is 1. The van der Waals surface area contributed by atoms with E-state index >= 15 is 0 Å². The highest BCUT2D eigenvalue weighted by atomic mass is 32.2. The van der Waals surface area contributed by atoms with Crippen molar-refractivity contribution in [1.82, 2.24) is 0 Å². The fourth-order valence-electron chi connectivity index (χ4n) is 2.50. The van der Waals surface area contributed by atoms with Gasteiger partial charge in [-0.2, -0.15) is 11.8 Å². The van der Waals surface area contributed by atoms with Crippen molar-refractivity contribution in [2.45, 2.75) is 37.0 Å². The van der Waals surface area contributed by atoms with E-state index in [4.69, 9.17) is 0 Å². The number of anilines is 1. The molecule has 0 spiro atoms. The van der Waals surface area contributed by atoms with Crippen LogP contribution in [0.1, 0.15) is 25.7 Å². The first-order chi connectivity index (χ1) is 9.51. The van der Waals surface area contributed by atoms with Crippen LogP contribution in [0.4, 0.5) is 20.2 Å². The molecule has 0 radical (unpaired) electrons. The summed E-state index contributed by atoms with van der Waals surface area (Å²) < 4.78 is 27.6. The highest BCUT2D eigenvalue weighted by Crippen LogP contribution is 2.31. The maximum Gasteiger partial charge on any atom is 0.275 e. The van der Waals surface area contributed by atoms with Crippen LogP contribution in [0.25, 0.3) is 0 Å². The summed E-state index contributed by atoms with van der Waals surface area (Å²) in [6.07, 6.45) is 5.86. The normalized spacial score (nSPS) is 22.6. The Morgan fingerprint density at radius 1 is 1.35 bits per heavy atom. The summed E-state index contributed by atoms with van der Waals surface area (Å²) in [4.78, 5) is 9.73. The van der Waals surface area contributed by atoms with E-state index in [0.29, 0.717) is 5.25 Å². The van der Waals surface area contributed by atoms with Gasteiger partial charge in [-0.3, -0.25) is 10.1 Å². The van der Waals surface area contributed by atoms with E-state index in [0.717, 1.165) is 37.8 Å². The van der Waals surface area contributed by atoms with E-state index in [9.17, 15) is 18.9 Å². The van der Waals surface area contributed by atoms with Crippen molar-refractivity contribution >= 4 is 23.1 Å². The molecule has 2 atom stereocenters. The van der Waals surface area contributed by atoms with Crippen LogP contribution in [0.2, 0.25) is 0 Å². The van der Waals surface area contributed by atoms with Crippen molar-refractivity contribution in [3.63, 3.8) is 0 Å². The molecule has 2 rings (SSSR count). The minimum absolute atomic E-state index is 0.00616. The first kappa shape index (κ1) is 15.0. The monoisotopic (exact) mass is 302 g/mol. The summed E-state index contributed by atoms with van der Waals surface area (Å²) in [6.45, 7) is 0. The van der Waals surface area contributed by atoms with Gasteiger partial charge in [0.15, 0.2) is 11.6 Å². The Labute approximate surface area is 120 Å². The van der Waals surface area contributed by atoms with Gasteiger partial charge >= 0.3 is 0 Å². The summed E-state index contributed by atoms with van der Waals surface area (Å²) in [6, 6.07) is 1.51. The molecule has 20 heavy (non-hydrogen) atoms. The van der Waals surface area contributed by atoms with Crippen LogP contribution < -0.4 is 5.32 Å². The second-order valence-corrected chi connectivity index (χ2v) is 6.05. The molecule has 4 nitrogen and oxygen atoms in total. The zero-order valence-electron chi connectivity index (χ0n) is 11.1. The van der Waals surface area contributed by atoms with E-state index in [1.165, 1.54) is 0 Å². The molecule has 1 fully saturated rings. The molecule has 1 aliphatic rings. The zero-order chi connectivity index (χ0) is 14.7. The number of non-ortho nitro benzene ring substituents is 1. The highest BCUT2D eigenvalue weighted by Gasteiger charge is 2.24. The Kier molecular flexibility index (Phi) is 4.80. The number of hydrogen-bond donors (Lipinski definition) is 1. The minimum atomic E-state index is -0.914. The number of benzene rings is 1. The molecule has 0 aromatic heterocycles. The van der Waals surface area contributed by atoms with E-state index in [2.05, 4.69) is 5.32 Å². The number of nitrogens with one attached hydrogen (secondary N) is 1. The molecule has 1 aliphatic carbocycles. The molecule has 1 aromatic carbocycles. The SMILES string of the molecule is CSC1CCCC(Nc2c(F)cc([N+](=O)[O-])cc2F)C1. The van der Waals surface area contributed by atoms with Crippen molar-refractivity contribution in [3.8, 4) is 0 Å². The molecular weight excluding hydrogens is 286 g/mol. The molecule has 7 heteroatoms. The summed E-state index contributed by atoms with van der Waals surface area (Å²) in [5.74, 6) is -1.83. The van der Waals surface area contributed by atoms with Gasteiger partial charge in [-0.1, -0.05) is 6.42 Å². The van der Waals surface area contributed by atoms with E-state index < -0.39 is 22.2 Å². The van der Waals surface area contributed by atoms with Crippen molar-refractivity contribution in [2.24, 2.45) is 0 Å². The van der Waals surface area contributed by atoms with Crippen LogP contribution >= 0.6 is 11.8 Å². The van der Waals surface area contributed by atoms with Crippen LogP contribution in [-0.4, -0.2) is 22.5 Å². The van der Waals surface area contributed by atoms with Crippen molar-refractivity contribution in [1.29, 1.82) is 0 Å². The third-order valence-corrected chi connectivity index (χ3v) is 4.64. The van der Waals surface area contributed by atoms with Gasteiger partial charge in [0.25, 0.3) is 5.69 Å². The molecule has 110 valence electrons. The first-order valence-electron chi connectivity index (χ1n) is 6.44. The van der Waals surface area contributed by atoms with Gasteiger partial charge in [0.1, 0.15) is 5.69 Å². The Morgan fingerprint density at radius 2 is 2.00 bits per heavy atom. The van der Waals surface area contributed by atoms with Gasteiger partial charge in [0.05, 0.1) is 17.1 Å². The minimum Gasteiger partial charge on any atom is -0.378 e. The Morgan fingerprint density at radius 3 is 2.55 bits per heavy atom. The first-order valence-corrected chi connectivity index (χ1v) is 7.72. The predicted octanol–water partition coefficient (Wildman–Crippen LogP) is 3.96. The molecule has 0 saturated heterocycles. The smallest absolute Gasteiger partial charge is 0.275 e. The molecule has 0 amide bonds. The van der Waals surface area contributed by atoms with Crippen LogP contribution in [0.3, 0.4) is 0 Å². The Bertz CT molecular complexity index is 490. The van der Waals surface area contributed by atoms with Crippen LogP contribution in [0.15, 0.2) is 12.1 Å². The number of thioether (sulfide) groups is 1. The lowest BCUT2D eigenvalue weighted by Crippen LogP contribution is -2.29. The van der Waals surface area contributed by atoms with Crippen molar-refractivity contribution in [2.75, 3.05) is 11.6 Å². The second kappa shape index (κ2) is 6.39. The predicted molar refractivity (Wildman–Crippen MR) is 76.2 cm³/mol. The second-order valence-electron chi connectivity index (χ2n) is 4.91. The number of halogens is 2. The fraction of sp³-hybridized carbons (Fsp3) is 0.538. The summed E-state index contributed by atoms with van der Waals surface area (Å²) in [7, 11) is 0.